The lowest BCUT2D eigenvalue weighted by atomic mass is 9.85. The minimum Gasteiger partial charge on any atom is -0.455 e. The summed E-state index contributed by atoms with van der Waals surface area (Å²) in [5.41, 5.74) is 11.5. The molecule has 13 rings (SSSR count). The second-order valence-electron chi connectivity index (χ2n) is 16.3. The summed E-state index contributed by atoms with van der Waals surface area (Å²) >= 11 is 0. The van der Waals surface area contributed by atoms with Gasteiger partial charge in [0.2, 0.25) is 0 Å². The second-order valence-corrected chi connectivity index (χ2v) is 16.3. The van der Waals surface area contributed by atoms with Gasteiger partial charge >= 0.3 is 0 Å². The number of hydrogen-bond acceptors (Lipinski definition) is 1. The van der Waals surface area contributed by atoms with Gasteiger partial charge in [0.1, 0.15) is 11.2 Å². The van der Waals surface area contributed by atoms with Crippen LogP contribution in [0.4, 0.5) is 0 Å². The van der Waals surface area contributed by atoms with Gasteiger partial charge in [0.15, 0.2) is 0 Å². The number of benzene rings is 12. The zero-order valence-corrected chi connectivity index (χ0v) is 33.2. The molecule has 1 nitrogen and oxygen atoms in total. The summed E-state index contributed by atoms with van der Waals surface area (Å²) < 4.78 is 6.92. The third-order valence-corrected chi connectivity index (χ3v) is 13.1. The highest BCUT2D eigenvalue weighted by Gasteiger charge is 2.21. The van der Waals surface area contributed by atoms with Crippen LogP contribution in [0.2, 0.25) is 0 Å². The Bertz CT molecular complexity index is 3830. The van der Waals surface area contributed by atoms with E-state index in [1.807, 2.05) is 0 Å². The van der Waals surface area contributed by atoms with Crippen molar-refractivity contribution in [3.8, 4) is 44.5 Å². The van der Waals surface area contributed by atoms with Crippen LogP contribution >= 0.6 is 0 Å². The van der Waals surface area contributed by atoms with Crippen molar-refractivity contribution in [3.63, 3.8) is 0 Å². The molecule has 0 saturated heterocycles. The van der Waals surface area contributed by atoms with Gasteiger partial charge in [0.05, 0.1) is 0 Å². The third-order valence-electron chi connectivity index (χ3n) is 13.1. The van der Waals surface area contributed by atoms with Crippen LogP contribution in [0.3, 0.4) is 0 Å². The van der Waals surface area contributed by atoms with Gasteiger partial charge in [-0.3, -0.25) is 0 Å². The Labute approximate surface area is 352 Å². The Kier molecular flexibility index (Phi) is 7.37. The van der Waals surface area contributed by atoms with E-state index in [-0.39, 0.29) is 0 Å². The molecule has 0 fully saturated rings. The number of fused-ring (bicyclic) bond motifs is 13. The predicted molar refractivity (Wildman–Crippen MR) is 260 cm³/mol. The molecule has 1 heterocycles. The topological polar surface area (TPSA) is 13.1 Å². The van der Waals surface area contributed by atoms with Crippen LogP contribution in [-0.2, 0) is 0 Å². The maximum atomic E-state index is 6.92. The molecule has 0 bridgehead atoms. The van der Waals surface area contributed by atoms with Crippen LogP contribution < -0.4 is 0 Å². The Morgan fingerprint density at radius 1 is 0.213 bits per heavy atom. The van der Waals surface area contributed by atoms with Crippen molar-refractivity contribution in [3.05, 3.63) is 218 Å². The molecule has 282 valence electrons. The number of rotatable bonds is 4. The molecule has 0 unspecified atom stereocenters. The largest absolute Gasteiger partial charge is 0.455 e. The normalized spacial score (nSPS) is 11.9. The SMILES string of the molecule is c1ccc(-c2ccc3c4ccccc4c4ccccc4c3c2)c(-c2ccc(-c3c4ccccc4c(-c4cccc5c4oc4c6ccccc6ccc54)c4ccccc34)cc2)c1. The van der Waals surface area contributed by atoms with Gasteiger partial charge < -0.3 is 4.42 Å². The Morgan fingerprint density at radius 2 is 0.623 bits per heavy atom. The molecule has 12 aromatic carbocycles. The molecular weight excluding hydrogens is 737 g/mol. The molecule has 61 heavy (non-hydrogen) atoms. The number of furan rings is 1. The minimum absolute atomic E-state index is 0.924. The van der Waals surface area contributed by atoms with Gasteiger partial charge in [0.25, 0.3) is 0 Å². The maximum absolute atomic E-state index is 6.92. The van der Waals surface area contributed by atoms with Crippen molar-refractivity contribution in [2.45, 2.75) is 0 Å². The van der Waals surface area contributed by atoms with E-state index in [0.29, 0.717) is 0 Å². The van der Waals surface area contributed by atoms with E-state index in [1.165, 1.54) is 98.2 Å². The number of hydrogen-bond donors (Lipinski definition) is 0. The molecule has 0 radical (unpaired) electrons. The molecule has 1 aromatic heterocycles. The van der Waals surface area contributed by atoms with Crippen molar-refractivity contribution in [1.82, 2.24) is 0 Å². The first-order valence-corrected chi connectivity index (χ1v) is 21.1. The highest BCUT2D eigenvalue weighted by atomic mass is 16.3. The Hall–Kier alpha value is -8.00. The highest BCUT2D eigenvalue weighted by molar-refractivity contribution is 6.27. The molecule has 0 saturated carbocycles. The van der Waals surface area contributed by atoms with Crippen LogP contribution in [0, 0.1) is 0 Å². The standard InChI is InChI=1S/C60H36O/c1-2-17-43-37(14-1)32-35-54-53-26-13-27-55(60(53)61-59(43)54)58-51-24-11-9-22-49(51)57(50-23-10-12-25-52(50)58)39-30-28-38(29-31-39)41-15-3-4-16-42(41)40-33-34-48-46-20-6-5-18-44(46)45-19-7-8-21-47(45)56(48)36-40/h1-36H. The van der Waals surface area contributed by atoms with Crippen molar-refractivity contribution in [1.29, 1.82) is 0 Å². The molecule has 0 amide bonds. The van der Waals surface area contributed by atoms with Gasteiger partial charge in [-0.25, -0.2) is 0 Å². The predicted octanol–water partition coefficient (Wildman–Crippen LogP) is 17.2. The van der Waals surface area contributed by atoms with Crippen LogP contribution in [-0.4, -0.2) is 0 Å². The molecule has 1 heteroatoms. The lowest BCUT2D eigenvalue weighted by molar-refractivity contribution is 0.674. The lowest BCUT2D eigenvalue weighted by Gasteiger charge is -2.18. The molecule has 13 aromatic rings. The van der Waals surface area contributed by atoms with Gasteiger partial charge in [-0.05, 0) is 105 Å². The average Bonchev–Trinajstić information content (AvgIpc) is 3.73. The van der Waals surface area contributed by atoms with E-state index in [9.17, 15) is 0 Å². The fourth-order valence-corrected chi connectivity index (χ4v) is 10.3. The summed E-state index contributed by atoms with van der Waals surface area (Å²) in [7, 11) is 0. The third kappa shape index (κ3) is 5.08. The van der Waals surface area contributed by atoms with Crippen molar-refractivity contribution in [2.24, 2.45) is 0 Å². The first-order chi connectivity index (χ1) is 30.3. The summed E-state index contributed by atoms with van der Waals surface area (Å²) in [6, 6.07) is 79.9. The maximum Gasteiger partial charge on any atom is 0.143 e. The van der Waals surface area contributed by atoms with Gasteiger partial charge in [-0.15, -0.1) is 0 Å². The Morgan fingerprint density at radius 3 is 1.26 bits per heavy atom. The van der Waals surface area contributed by atoms with Gasteiger partial charge in [0, 0.05) is 27.3 Å². The summed E-state index contributed by atoms with van der Waals surface area (Å²) in [5, 5.41) is 17.2. The zero-order valence-electron chi connectivity index (χ0n) is 33.2. The molecule has 0 N–H and O–H groups in total. The fourth-order valence-electron chi connectivity index (χ4n) is 10.3. The molecule has 0 atom stereocenters. The van der Waals surface area contributed by atoms with Crippen LogP contribution in [0.25, 0.3) is 131 Å². The van der Waals surface area contributed by atoms with Crippen molar-refractivity contribution < 1.29 is 4.42 Å². The van der Waals surface area contributed by atoms with Crippen molar-refractivity contribution in [2.75, 3.05) is 0 Å². The lowest BCUT2D eigenvalue weighted by Crippen LogP contribution is -1.91. The fraction of sp³-hybridized carbons (Fsp3) is 0. The first kappa shape index (κ1) is 33.9. The van der Waals surface area contributed by atoms with E-state index in [1.54, 1.807) is 0 Å². The van der Waals surface area contributed by atoms with E-state index in [0.717, 1.165) is 32.9 Å². The number of para-hydroxylation sites is 1. The summed E-state index contributed by atoms with van der Waals surface area (Å²) in [6.07, 6.45) is 0. The summed E-state index contributed by atoms with van der Waals surface area (Å²) in [5.74, 6) is 0. The van der Waals surface area contributed by atoms with E-state index >= 15 is 0 Å². The molecule has 0 spiro atoms. The van der Waals surface area contributed by atoms with E-state index < -0.39 is 0 Å². The Balaban J connectivity index is 0.966. The molecule has 0 aliphatic heterocycles. The van der Waals surface area contributed by atoms with Crippen molar-refractivity contribution >= 4 is 86.6 Å². The summed E-state index contributed by atoms with van der Waals surface area (Å²) in [6.45, 7) is 0. The van der Waals surface area contributed by atoms with Crippen LogP contribution in [0.15, 0.2) is 223 Å². The van der Waals surface area contributed by atoms with E-state index in [4.69, 9.17) is 4.42 Å². The highest BCUT2D eigenvalue weighted by Crippen LogP contribution is 2.48. The van der Waals surface area contributed by atoms with Gasteiger partial charge in [-0.1, -0.05) is 206 Å². The molecule has 0 aliphatic rings. The minimum atomic E-state index is 0.924. The monoisotopic (exact) mass is 772 g/mol. The second kappa shape index (κ2) is 13.3. The quantitative estimate of drug-likeness (QED) is 0.128. The molecular formula is C60H36O. The van der Waals surface area contributed by atoms with Gasteiger partial charge in [-0.2, -0.15) is 0 Å². The zero-order chi connectivity index (χ0) is 40.0. The smallest absolute Gasteiger partial charge is 0.143 e. The van der Waals surface area contributed by atoms with Crippen LogP contribution in [0.1, 0.15) is 0 Å². The first-order valence-electron chi connectivity index (χ1n) is 21.1. The molecule has 0 aliphatic carbocycles. The summed E-state index contributed by atoms with van der Waals surface area (Å²) in [4.78, 5) is 0. The average molecular weight is 773 g/mol. The van der Waals surface area contributed by atoms with E-state index in [2.05, 4.69) is 218 Å². The van der Waals surface area contributed by atoms with Crippen LogP contribution in [0.5, 0.6) is 0 Å².